The van der Waals surface area contributed by atoms with Crippen LogP contribution in [0.15, 0.2) is 42.7 Å². The Balaban J connectivity index is 1.56. The van der Waals surface area contributed by atoms with Crippen LogP contribution in [0.3, 0.4) is 0 Å². The van der Waals surface area contributed by atoms with E-state index in [4.69, 9.17) is 4.74 Å². The van der Waals surface area contributed by atoms with Crippen molar-refractivity contribution in [2.45, 2.75) is 64.3 Å². The minimum absolute atomic E-state index is 0.0487. The monoisotopic (exact) mass is 327 g/mol. The molecule has 1 aromatic heterocycles. The summed E-state index contributed by atoms with van der Waals surface area (Å²) in [6.07, 6.45) is 5.92. The SMILES string of the molecule is CC1(C)CC(NCCc2nccn2Cc2ccccc2)C(C)(C)O1. The standard InChI is InChI=1S/C20H29N3O/c1-19(2)14-17(20(3,4)24-19)21-11-10-18-22-12-13-23(18)15-16-8-6-5-7-9-16/h5-9,12-13,17,21H,10-11,14-15H2,1-4H3. The van der Waals surface area contributed by atoms with Crippen molar-refractivity contribution in [2.75, 3.05) is 6.54 Å². The number of hydrogen-bond donors (Lipinski definition) is 1. The summed E-state index contributed by atoms with van der Waals surface area (Å²) in [5.41, 5.74) is 1.13. The van der Waals surface area contributed by atoms with E-state index in [1.54, 1.807) is 0 Å². The van der Waals surface area contributed by atoms with Gasteiger partial charge in [-0.3, -0.25) is 0 Å². The fourth-order valence-corrected chi connectivity index (χ4v) is 3.73. The average molecular weight is 327 g/mol. The fourth-order valence-electron chi connectivity index (χ4n) is 3.73. The molecule has 1 aliphatic rings. The molecule has 0 amide bonds. The Kier molecular flexibility index (Phi) is 4.79. The summed E-state index contributed by atoms with van der Waals surface area (Å²) in [4.78, 5) is 4.53. The van der Waals surface area contributed by atoms with Crippen LogP contribution in [0.25, 0.3) is 0 Å². The quantitative estimate of drug-likeness (QED) is 0.884. The van der Waals surface area contributed by atoms with Crippen molar-refractivity contribution in [2.24, 2.45) is 0 Å². The van der Waals surface area contributed by atoms with Gasteiger partial charge in [0, 0.05) is 37.9 Å². The smallest absolute Gasteiger partial charge is 0.110 e. The van der Waals surface area contributed by atoms with Crippen molar-refractivity contribution in [1.82, 2.24) is 14.9 Å². The summed E-state index contributed by atoms with van der Waals surface area (Å²) < 4.78 is 8.39. The molecule has 1 fully saturated rings. The molecule has 1 unspecified atom stereocenters. The molecule has 0 bridgehead atoms. The molecule has 4 nitrogen and oxygen atoms in total. The Morgan fingerprint density at radius 2 is 1.96 bits per heavy atom. The van der Waals surface area contributed by atoms with Crippen LogP contribution in [-0.4, -0.2) is 33.3 Å². The van der Waals surface area contributed by atoms with Gasteiger partial charge in [-0.2, -0.15) is 0 Å². The molecule has 0 spiro atoms. The van der Waals surface area contributed by atoms with Gasteiger partial charge < -0.3 is 14.6 Å². The van der Waals surface area contributed by atoms with E-state index in [0.717, 1.165) is 31.8 Å². The second-order valence-corrected chi connectivity index (χ2v) is 7.88. The number of hydrogen-bond acceptors (Lipinski definition) is 3. The summed E-state index contributed by atoms with van der Waals surface area (Å²) in [7, 11) is 0. The second kappa shape index (κ2) is 6.69. The lowest BCUT2D eigenvalue weighted by atomic mass is 9.94. The summed E-state index contributed by atoms with van der Waals surface area (Å²) in [6.45, 7) is 10.5. The van der Waals surface area contributed by atoms with Gasteiger partial charge in [0.2, 0.25) is 0 Å². The van der Waals surface area contributed by atoms with Gasteiger partial charge in [-0.1, -0.05) is 30.3 Å². The van der Waals surface area contributed by atoms with Crippen LogP contribution in [0.5, 0.6) is 0 Å². The highest BCUT2D eigenvalue weighted by molar-refractivity contribution is 5.16. The van der Waals surface area contributed by atoms with Crippen LogP contribution in [0.4, 0.5) is 0 Å². The number of benzene rings is 1. The van der Waals surface area contributed by atoms with Gasteiger partial charge in [-0.25, -0.2) is 4.98 Å². The van der Waals surface area contributed by atoms with Gasteiger partial charge in [0.1, 0.15) is 5.82 Å². The molecule has 0 aliphatic carbocycles. The van der Waals surface area contributed by atoms with Crippen LogP contribution in [0.2, 0.25) is 0 Å². The van der Waals surface area contributed by atoms with Crippen LogP contribution in [0, 0.1) is 0 Å². The van der Waals surface area contributed by atoms with Gasteiger partial charge in [-0.15, -0.1) is 0 Å². The maximum atomic E-state index is 6.16. The van der Waals surface area contributed by atoms with Gasteiger partial charge in [0.05, 0.1) is 11.2 Å². The van der Waals surface area contributed by atoms with Gasteiger partial charge in [0.15, 0.2) is 0 Å². The predicted molar refractivity (Wildman–Crippen MR) is 97.1 cm³/mol. The zero-order chi connectivity index (χ0) is 17.2. The van der Waals surface area contributed by atoms with E-state index < -0.39 is 0 Å². The van der Waals surface area contributed by atoms with Crippen LogP contribution < -0.4 is 5.32 Å². The number of aromatic nitrogens is 2. The van der Waals surface area contributed by atoms with E-state index in [1.807, 2.05) is 6.20 Å². The Bertz CT molecular complexity index is 661. The molecule has 4 heteroatoms. The van der Waals surface area contributed by atoms with Crippen molar-refractivity contribution < 1.29 is 4.74 Å². The lowest BCUT2D eigenvalue weighted by Gasteiger charge is -2.27. The van der Waals surface area contributed by atoms with Gasteiger partial charge in [-0.05, 0) is 39.7 Å². The number of ether oxygens (including phenoxy) is 1. The van der Waals surface area contributed by atoms with E-state index in [1.165, 1.54) is 5.56 Å². The van der Waals surface area contributed by atoms with E-state index in [2.05, 4.69) is 79.1 Å². The number of nitrogens with zero attached hydrogens (tertiary/aromatic N) is 2. The molecule has 0 radical (unpaired) electrons. The minimum atomic E-state index is -0.122. The predicted octanol–water partition coefficient (Wildman–Crippen LogP) is 3.41. The third kappa shape index (κ3) is 4.05. The first kappa shape index (κ1) is 17.2. The number of rotatable bonds is 6. The van der Waals surface area contributed by atoms with E-state index in [-0.39, 0.29) is 11.2 Å². The molecule has 0 saturated carbocycles. The zero-order valence-corrected chi connectivity index (χ0v) is 15.2. The first-order valence-corrected chi connectivity index (χ1v) is 8.83. The topological polar surface area (TPSA) is 39.1 Å². The Labute approximate surface area is 145 Å². The molecular formula is C20H29N3O. The first-order chi connectivity index (χ1) is 11.4. The Hall–Kier alpha value is -1.65. The summed E-state index contributed by atoms with van der Waals surface area (Å²) >= 11 is 0. The molecule has 2 aromatic rings. The second-order valence-electron chi connectivity index (χ2n) is 7.88. The molecule has 3 rings (SSSR count). The zero-order valence-electron chi connectivity index (χ0n) is 15.2. The molecule has 1 N–H and O–H groups in total. The first-order valence-electron chi connectivity index (χ1n) is 8.83. The summed E-state index contributed by atoms with van der Waals surface area (Å²) in [6, 6.07) is 10.9. The Morgan fingerprint density at radius 3 is 2.62 bits per heavy atom. The number of nitrogens with one attached hydrogen (secondary N) is 1. The highest BCUT2D eigenvalue weighted by atomic mass is 16.5. The van der Waals surface area contributed by atoms with Crippen LogP contribution in [0.1, 0.15) is 45.5 Å². The highest BCUT2D eigenvalue weighted by Crippen LogP contribution is 2.37. The summed E-state index contributed by atoms with van der Waals surface area (Å²) in [5, 5.41) is 3.68. The molecule has 1 atom stereocenters. The van der Waals surface area contributed by atoms with Crippen molar-refractivity contribution in [3.05, 3.63) is 54.1 Å². The van der Waals surface area contributed by atoms with Gasteiger partial charge in [0.25, 0.3) is 0 Å². The van der Waals surface area contributed by atoms with Crippen molar-refractivity contribution in [3.8, 4) is 0 Å². The largest absolute Gasteiger partial charge is 0.368 e. The highest BCUT2D eigenvalue weighted by Gasteiger charge is 2.45. The lowest BCUT2D eigenvalue weighted by Crippen LogP contribution is -2.44. The molecular weight excluding hydrogens is 298 g/mol. The third-order valence-corrected chi connectivity index (χ3v) is 4.81. The number of imidazole rings is 1. The lowest BCUT2D eigenvalue weighted by molar-refractivity contribution is -0.0697. The summed E-state index contributed by atoms with van der Waals surface area (Å²) in [5.74, 6) is 1.13. The third-order valence-electron chi connectivity index (χ3n) is 4.81. The molecule has 2 heterocycles. The molecule has 24 heavy (non-hydrogen) atoms. The molecule has 130 valence electrons. The van der Waals surface area contributed by atoms with Crippen LogP contribution >= 0.6 is 0 Å². The normalized spacial score (nSPS) is 21.9. The Morgan fingerprint density at radius 1 is 1.21 bits per heavy atom. The van der Waals surface area contributed by atoms with Crippen molar-refractivity contribution in [3.63, 3.8) is 0 Å². The van der Waals surface area contributed by atoms with Crippen molar-refractivity contribution >= 4 is 0 Å². The van der Waals surface area contributed by atoms with Gasteiger partial charge >= 0.3 is 0 Å². The molecule has 1 aromatic carbocycles. The van der Waals surface area contributed by atoms with E-state index >= 15 is 0 Å². The molecule has 1 saturated heterocycles. The van der Waals surface area contributed by atoms with E-state index in [0.29, 0.717) is 6.04 Å². The minimum Gasteiger partial charge on any atom is -0.368 e. The fraction of sp³-hybridized carbons (Fsp3) is 0.550. The average Bonchev–Trinajstić information content (AvgIpc) is 3.01. The van der Waals surface area contributed by atoms with Crippen molar-refractivity contribution in [1.29, 1.82) is 0 Å². The maximum absolute atomic E-state index is 6.16. The molecule has 1 aliphatic heterocycles. The maximum Gasteiger partial charge on any atom is 0.110 e. The van der Waals surface area contributed by atoms with E-state index in [9.17, 15) is 0 Å². The van der Waals surface area contributed by atoms with Crippen LogP contribution in [-0.2, 0) is 17.7 Å².